The molecule has 9 nitrogen and oxygen atoms in total. The molecule has 0 saturated carbocycles. The molecule has 0 bridgehead atoms. The second-order valence-corrected chi connectivity index (χ2v) is 6.44. The Morgan fingerprint density at radius 2 is 1.97 bits per heavy atom. The highest BCUT2D eigenvalue weighted by atomic mass is 15.2. The van der Waals surface area contributed by atoms with Crippen LogP contribution in [-0.4, -0.2) is 33.7 Å². The Labute approximate surface area is 165 Å². The van der Waals surface area contributed by atoms with Crippen LogP contribution in [0.25, 0.3) is 27.4 Å². The number of anilines is 2. The van der Waals surface area contributed by atoms with Crippen molar-refractivity contribution in [3.63, 3.8) is 0 Å². The zero-order valence-electron chi connectivity index (χ0n) is 15.4. The van der Waals surface area contributed by atoms with Gasteiger partial charge in [0, 0.05) is 48.8 Å². The lowest BCUT2D eigenvalue weighted by Gasteiger charge is -2.07. The van der Waals surface area contributed by atoms with Gasteiger partial charge in [0.2, 0.25) is 5.65 Å². The molecule has 4 heterocycles. The van der Waals surface area contributed by atoms with Crippen LogP contribution in [0.3, 0.4) is 0 Å². The minimum atomic E-state index is 0.276. The summed E-state index contributed by atoms with van der Waals surface area (Å²) in [5, 5.41) is 7.50. The largest absolute Gasteiger partial charge is 0.359 e. The van der Waals surface area contributed by atoms with E-state index in [-0.39, 0.29) is 5.82 Å². The lowest BCUT2D eigenvalue weighted by atomic mass is 10.2. The van der Waals surface area contributed by atoms with Gasteiger partial charge in [-0.2, -0.15) is 5.10 Å². The molecule has 0 aliphatic rings. The van der Waals surface area contributed by atoms with Crippen molar-refractivity contribution in [2.24, 2.45) is 7.05 Å². The highest BCUT2D eigenvalue weighted by molar-refractivity contribution is 5.76. The van der Waals surface area contributed by atoms with Crippen LogP contribution >= 0.6 is 0 Å². The van der Waals surface area contributed by atoms with Crippen molar-refractivity contribution < 1.29 is 0 Å². The van der Waals surface area contributed by atoms with Crippen LogP contribution in [0.15, 0.2) is 67.8 Å². The fourth-order valence-electron chi connectivity index (χ4n) is 3.15. The number of fused-ring (bicyclic) bond motifs is 1. The Morgan fingerprint density at radius 1 is 1.10 bits per heavy atom. The van der Waals surface area contributed by atoms with Gasteiger partial charge in [-0.1, -0.05) is 11.6 Å². The topological polar surface area (TPSA) is 82.2 Å². The van der Waals surface area contributed by atoms with Gasteiger partial charge in [0.15, 0.2) is 0 Å². The van der Waals surface area contributed by atoms with Crippen molar-refractivity contribution in [1.29, 1.82) is 0 Å². The standard InChI is InChI=1S/C20H15N9/c1-21-18-12-29-17(14-9-24-27(2)11-14)10-23-20(29)19(26-18)25-15-3-5-16(6-4-15)28-8-7-22-13-28/h3-13H,2H3,(H,25,26). The molecule has 0 aliphatic carbocycles. The van der Waals surface area contributed by atoms with E-state index in [9.17, 15) is 0 Å². The molecule has 0 fully saturated rings. The van der Waals surface area contributed by atoms with E-state index in [0.29, 0.717) is 11.5 Å². The summed E-state index contributed by atoms with van der Waals surface area (Å²) in [4.78, 5) is 16.5. The van der Waals surface area contributed by atoms with Crippen molar-refractivity contribution in [2.75, 3.05) is 5.32 Å². The minimum Gasteiger partial charge on any atom is -0.359 e. The molecule has 140 valence electrons. The first kappa shape index (κ1) is 16.7. The van der Waals surface area contributed by atoms with Crippen molar-refractivity contribution >= 4 is 23.0 Å². The number of hydrogen-bond donors (Lipinski definition) is 1. The van der Waals surface area contributed by atoms with Gasteiger partial charge in [-0.05, 0) is 24.3 Å². The van der Waals surface area contributed by atoms with Crippen molar-refractivity contribution in [3.8, 4) is 16.9 Å². The van der Waals surface area contributed by atoms with Crippen LogP contribution in [0.4, 0.5) is 17.3 Å². The molecule has 1 aromatic carbocycles. The van der Waals surface area contributed by atoms with Crippen molar-refractivity contribution in [3.05, 3.63) is 79.2 Å². The third-order valence-corrected chi connectivity index (χ3v) is 4.53. The normalized spacial score (nSPS) is 10.9. The molecule has 0 atom stereocenters. The van der Waals surface area contributed by atoms with E-state index in [4.69, 9.17) is 6.57 Å². The van der Waals surface area contributed by atoms with Gasteiger partial charge < -0.3 is 19.1 Å². The number of hydrogen-bond acceptors (Lipinski definition) is 5. The zero-order valence-corrected chi connectivity index (χ0v) is 15.4. The van der Waals surface area contributed by atoms with Crippen molar-refractivity contribution in [2.45, 2.75) is 0 Å². The molecule has 4 aromatic heterocycles. The van der Waals surface area contributed by atoms with Crippen LogP contribution in [-0.2, 0) is 7.05 Å². The Morgan fingerprint density at radius 3 is 2.66 bits per heavy atom. The van der Waals surface area contributed by atoms with Gasteiger partial charge in [-0.25, -0.2) is 9.97 Å². The van der Waals surface area contributed by atoms with E-state index >= 15 is 0 Å². The quantitative estimate of drug-likeness (QED) is 0.481. The second-order valence-electron chi connectivity index (χ2n) is 6.44. The summed E-state index contributed by atoms with van der Waals surface area (Å²) in [6.45, 7) is 7.41. The predicted molar refractivity (Wildman–Crippen MR) is 108 cm³/mol. The maximum absolute atomic E-state index is 7.41. The Bertz CT molecular complexity index is 1340. The lowest BCUT2D eigenvalue weighted by Crippen LogP contribution is -1.99. The molecule has 0 radical (unpaired) electrons. The van der Waals surface area contributed by atoms with Gasteiger partial charge in [0.25, 0.3) is 11.6 Å². The molecule has 5 aromatic rings. The summed E-state index contributed by atoms with van der Waals surface area (Å²) >= 11 is 0. The first-order valence-corrected chi connectivity index (χ1v) is 8.81. The number of imidazole rings is 2. The molecular weight excluding hydrogens is 366 g/mol. The van der Waals surface area contributed by atoms with E-state index in [1.54, 1.807) is 35.8 Å². The molecule has 5 rings (SSSR count). The summed E-state index contributed by atoms with van der Waals surface area (Å²) in [6.07, 6.45) is 12.5. The molecular formula is C20H15N9. The average molecular weight is 381 g/mol. The molecule has 0 unspecified atom stereocenters. The molecule has 9 heteroatoms. The fourth-order valence-corrected chi connectivity index (χ4v) is 3.15. The third kappa shape index (κ3) is 2.98. The van der Waals surface area contributed by atoms with E-state index in [1.165, 1.54) is 0 Å². The second kappa shape index (κ2) is 6.61. The van der Waals surface area contributed by atoms with Crippen LogP contribution in [0, 0.1) is 6.57 Å². The highest BCUT2D eigenvalue weighted by Crippen LogP contribution is 2.28. The number of benzene rings is 1. The van der Waals surface area contributed by atoms with E-state index < -0.39 is 0 Å². The van der Waals surface area contributed by atoms with Gasteiger partial charge in [-0.15, -0.1) is 0 Å². The van der Waals surface area contributed by atoms with Crippen LogP contribution in [0.1, 0.15) is 0 Å². The highest BCUT2D eigenvalue weighted by Gasteiger charge is 2.16. The van der Waals surface area contributed by atoms with E-state index in [1.807, 2.05) is 52.7 Å². The summed E-state index contributed by atoms with van der Waals surface area (Å²) in [5.74, 6) is 0.794. The van der Waals surface area contributed by atoms with E-state index in [2.05, 4.69) is 30.2 Å². The number of nitrogens with one attached hydrogen (secondary N) is 1. The smallest absolute Gasteiger partial charge is 0.288 e. The van der Waals surface area contributed by atoms with Gasteiger partial charge in [0.1, 0.15) is 0 Å². The maximum atomic E-state index is 7.41. The Balaban J connectivity index is 1.54. The first-order chi connectivity index (χ1) is 14.2. The molecule has 29 heavy (non-hydrogen) atoms. The SMILES string of the molecule is [C-]#[N+]c1cn2c(-c3cnn(C)c3)cnc2c(Nc2ccc(-n3ccnc3)cc2)n1. The minimum absolute atomic E-state index is 0.276. The fraction of sp³-hybridized carbons (Fsp3) is 0.0500. The van der Waals surface area contributed by atoms with Crippen LogP contribution in [0.2, 0.25) is 0 Å². The van der Waals surface area contributed by atoms with Gasteiger partial charge in [-0.3, -0.25) is 4.68 Å². The first-order valence-electron chi connectivity index (χ1n) is 8.81. The summed E-state index contributed by atoms with van der Waals surface area (Å²) in [6, 6.07) is 7.85. The average Bonchev–Trinajstić information content (AvgIpc) is 3.49. The summed E-state index contributed by atoms with van der Waals surface area (Å²) in [7, 11) is 1.86. The molecule has 0 saturated heterocycles. The van der Waals surface area contributed by atoms with Crippen molar-refractivity contribution in [1.82, 2.24) is 33.7 Å². The molecule has 0 aliphatic heterocycles. The molecule has 1 N–H and O–H groups in total. The van der Waals surface area contributed by atoms with Crippen LogP contribution < -0.4 is 5.32 Å². The third-order valence-electron chi connectivity index (χ3n) is 4.53. The number of nitrogens with zero attached hydrogens (tertiary/aromatic N) is 8. The maximum Gasteiger partial charge on any atom is 0.288 e. The Kier molecular flexibility index (Phi) is 3.81. The van der Waals surface area contributed by atoms with Gasteiger partial charge in [0.05, 0.1) is 24.4 Å². The summed E-state index contributed by atoms with van der Waals surface area (Å²) < 4.78 is 5.51. The van der Waals surface area contributed by atoms with Crippen LogP contribution in [0.5, 0.6) is 0 Å². The zero-order chi connectivity index (χ0) is 19.8. The monoisotopic (exact) mass is 381 g/mol. The van der Waals surface area contributed by atoms with Gasteiger partial charge >= 0.3 is 0 Å². The Hall–Kier alpha value is -4.45. The predicted octanol–water partition coefficient (Wildman–Crippen LogP) is 3.61. The molecule has 0 amide bonds. The number of aryl methyl sites for hydroxylation is 1. The van der Waals surface area contributed by atoms with E-state index in [0.717, 1.165) is 22.6 Å². The lowest BCUT2D eigenvalue weighted by molar-refractivity contribution is 0.768. The molecule has 0 spiro atoms. The summed E-state index contributed by atoms with van der Waals surface area (Å²) in [5.41, 5.74) is 4.24. The number of aromatic nitrogens is 7. The number of rotatable bonds is 4.